The second-order valence-electron chi connectivity index (χ2n) is 6.80. The highest BCUT2D eigenvalue weighted by Crippen LogP contribution is 2.17. The molecule has 3 N–H and O–H groups in total. The number of esters is 1. The van der Waals surface area contributed by atoms with E-state index >= 15 is 0 Å². The smallest absolute Gasteiger partial charge is 0.319 e. The maximum absolute atomic E-state index is 12.2. The van der Waals surface area contributed by atoms with Crippen molar-refractivity contribution < 1.29 is 19.1 Å². The number of hydrogen-bond donors (Lipinski definition) is 3. The third-order valence-corrected chi connectivity index (χ3v) is 4.69. The quantitative estimate of drug-likeness (QED) is 0.665. The van der Waals surface area contributed by atoms with Crippen molar-refractivity contribution in [2.24, 2.45) is 0 Å². The Hall–Kier alpha value is -2.57. The molecule has 27 heavy (non-hydrogen) atoms. The molecule has 148 valence electrons. The van der Waals surface area contributed by atoms with Crippen molar-refractivity contribution in [1.82, 2.24) is 10.6 Å². The molecule has 2 rings (SSSR count). The molecule has 1 fully saturated rings. The van der Waals surface area contributed by atoms with E-state index in [-0.39, 0.29) is 36.9 Å². The van der Waals surface area contributed by atoms with Gasteiger partial charge in [0, 0.05) is 23.8 Å². The first kappa shape index (κ1) is 20.7. The third kappa shape index (κ3) is 7.68. The first-order valence-corrected chi connectivity index (χ1v) is 9.61. The van der Waals surface area contributed by atoms with Crippen LogP contribution in [0.25, 0.3) is 0 Å². The van der Waals surface area contributed by atoms with E-state index in [0.717, 1.165) is 25.7 Å². The summed E-state index contributed by atoms with van der Waals surface area (Å²) in [4.78, 5) is 35.2. The Morgan fingerprint density at radius 3 is 2.26 bits per heavy atom. The summed E-state index contributed by atoms with van der Waals surface area (Å²) in [6, 6.07) is 6.67. The molecule has 0 spiro atoms. The topological polar surface area (TPSA) is 96.5 Å². The van der Waals surface area contributed by atoms with Gasteiger partial charge in [0.25, 0.3) is 5.91 Å². The summed E-state index contributed by atoms with van der Waals surface area (Å²) in [5, 5.41) is 8.51. The molecule has 0 bridgehead atoms. The Kier molecular flexibility index (Phi) is 8.61. The minimum absolute atomic E-state index is 0.128. The fraction of sp³-hybridized carbons (Fsp3) is 0.550. The number of nitrogens with one attached hydrogen (secondary N) is 3. The maximum Gasteiger partial charge on any atom is 0.319 e. The lowest BCUT2D eigenvalue weighted by atomic mass is 9.97. The normalized spacial score (nSPS) is 15.1. The number of carbonyl (C=O) groups excluding carboxylic acids is 3. The Balaban J connectivity index is 1.77. The van der Waals surface area contributed by atoms with Crippen LogP contribution in [0.15, 0.2) is 24.3 Å². The first-order chi connectivity index (χ1) is 13.1. The van der Waals surface area contributed by atoms with E-state index in [1.807, 2.05) is 0 Å². The molecular formula is C20H29N3O4. The molecule has 1 saturated carbocycles. The molecule has 0 unspecified atom stereocenters. The van der Waals surface area contributed by atoms with Crippen LogP contribution in [-0.2, 0) is 9.53 Å². The van der Waals surface area contributed by atoms with Gasteiger partial charge in [0.15, 0.2) is 0 Å². The monoisotopic (exact) mass is 375 g/mol. The van der Waals surface area contributed by atoms with Crippen LogP contribution in [0.4, 0.5) is 10.5 Å². The van der Waals surface area contributed by atoms with Crippen molar-refractivity contribution in [2.75, 3.05) is 19.0 Å². The summed E-state index contributed by atoms with van der Waals surface area (Å²) in [7, 11) is 1.31. The molecule has 3 amide bonds. The maximum atomic E-state index is 12.2. The van der Waals surface area contributed by atoms with Gasteiger partial charge in [0.1, 0.15) is 0 Å². The molecule has 1 aliphatic rings. The predicted octanol–water partition coefficient (Wildman–Crippen LogP) is 3.21. The average Bonchev–Trinajstić information content (AvgIpc) is 2.64. The molecule has 0 saturated heterocycles. The molecule has 1 aliphatic carbocycles. The molecule has 0 aromatic heterocycles. The van der Waals surface area contributed by atoms with Gasteiger partial charge in [-0.3, -0.25) is 9.59 Å². The molecule has 0 aliphatic heterocycles. The van der Waals surface area contributed by atoms with Gasteiger partial charge < -0.3 is 20.7 Å². The van der Waals surface area contributed by atoms with Crippen LogP contribution < -0.4 is 16.0 Å². The van der Waals surface area contributed by atoms with Crippen molar-refractivity contribution in [3.63, 3.8) is 0 Å². The lowest BCUT2D eigenvalue weighted by Crippen LogP contribution is -2.38. The number of carbonyl (C=O) groups is 3. The second-order valence-corrected chi connectivity index (χ2v) is 6.80. The van der Waals surface area contributed by atoms with Crippen molar-refractivity contribution in [3.8, 4) is 0 Å². The molecular weight excluding hydrogens is 346 g/mol. The lowest BCUT2D eigenvalue weighted by Gasteiger charge is -2.21. The van der Waals surface area contributed by atoms with Crippen LogP contribution in [0.2, 0.25) is 0 Å². The number of ether oxygens (including phenoxy) is 1. The van der Waals surface area contributed by atoms with Crippen LogP contribution >= 0.6 is 0 Å². The summed E-state index contributed by atoms with van der Waals surface area (Å²) in [6.45, 7) is 0.218. The molecule has 1 aromatic carbocycles. The minimum Gasteiger partial charge on any atom is -0.469 e. The van der Waals surface area contributed by atoms with Crippen LogP contribution in [0.5, 0.6) is 0 Å². The Morgan fingerprint density at radius 2 is 1.63 bits per heavy atom. The molecule has 0 radical (unpaired) electrons. The minimum atomic E-state index is -0.370. The zero-order chi connectivity index (χ0) is 19.5. The number of hydrogen-bond acceptors (Lipinski definition) is 4. The van der Waals surface area contributed by atoms with E-state index < -0.39 is 0 Å². The fourth-order valence-corrected chi connectivity index (χ4v) is 3.14. The van der Waals surface area contributed by atoms with Gasteiger partial charge in [0.05, 0.1) is 13.5 Å². The lowest BCUT2D eigenvalue weighted by molar-refractivity contribution is -0.140. The summed E-state index contributed by atoms with van der Waals surface area (Å²) in [5.74, 6) is -0.644. The number of anilines is 1. The number of amides is 3. The Labute approximate surface area is 160 Å². The van der Waals surface area contributed by atoms with Gasteiger partial charge in [0.2, 0.25) is 0 Å². The zero-order valence-corrected chi connectivity index (χ0v) is 15.9. The van der Waals surface area contributed by atoms with E-state index in [0.29, 0.717) is 11.3 Å². The van der Waals surface area contributed by atoms with E-state index in [9.17, 15) is 14.4 Å². The van der Waals surface area contributed by atoms with Gasteiger partial charge in [-0.05, 0) is 37.1 Å². The van der Waals surface area contributed by atoms with Crippen LogP contribution in [0, 0.1) is 0 Å². The molecule has 7 heteroatoms. The molecule has 1 aromatic rings. The highest BCUT2D eigenvalue weighted by Gasteiger charge is 2.14. The van der Waals surface area contributed by atoms with Gasteiger partial charge in [-0.1, -0.05) is 32.1 Å². The van der Waals surface area contributed by atoms with E-state index in [2.05, 4.69) is 20.7 Å². The van der Waals surface area contributed by atoms with Gasteiger partial charge in [-0.2, -0.15) is 0 Å². The average molecular weight is 375 g/mol. The molecule has 0 atom stereocenters. The third-order valence-electron chi connectivity index (χ3n) is 4.69. The second kappa shape index (κ2) is 11.2. The predicted molar refractivity (Wildman–Crippen MR) is 104 cm³/mol. The Bertz CT molecular complexity index is 623. The van der Waals surface area contributed by atoms with Gasteiger partial charge >= 0.3 is 12.0 Å². The SMILES string of the molecule is COC(=O)CCNC(=O)c1ccc(NC(=O)NC2CCCCCCC2)cc1. The van der Waals surface area contributed by atoms with Crippen LogP contribution in [-0.4, -0.2) is 37.6 Å². The summed E-state index contributed by atoms with van der Waals surface area (Å²) in [6.07, 6.45) is 8.27. The number of benzene rings is 1. The van der Waals surface area contributed by atoms with E-state index in [1.165, 1.54) is 26.4 Å². The van der Waals surface area contributed by atoms with Crippen LogP contribution in [0.3, 0.4) is 0 Å². The standard InChI is InChI=1S/C20H29N3O4/c1-27-18(24)13-14-21-19(25)15-9-11-17(12-10-15)23-20(26)22-16-7-5-3-2-4-6-8-16/h9-12,16H,2-8,13-14H2,1H3,(H,21,25)(H2,22,23,26). The van der Waals surface area contributed by atoms with Crippen molar-refractivity contribution >= 4 is 23.6 Å². The summed E-state index contributed by atoms with van der Waals surface area (Å²) < 4.78 is 4.52. The van der Waals surface area contributed by atoms with Crippen molar-refractivity contribution in [3.05, 3.63) is 29.8 Å². The Morgan fingerprint density at radius 1 is 1.00 bits per heavy atom. The van der Waals surface area contributed by atoms with E-state index in [4.69, 9.17) is 0 Å². The first-order valence-electron chi connectivity index (χ1n) is 9.61. The highest BCUT2D eigenvalue weighted by atomic mass is 16.5. The van der Waals surface area contributed by atoms with Crippen LogP contribution in [0.1, 0.15) is 61.7 Å². The molecule has 7 nitrogen and oxygen atoms in total. The largest absolute Gasteiger partial charge is 0.469 e. The number of rotatable bonds is 6. The highest BCUT2D eigenvalue weighted by molar-refractivity contribution is 5.95. The number of methoxy groups -OCH3 is 1. The summed E-state index contributed by atoms with van der Waals surface area (Å²) >= 11 is 0. The van der Waals surface area contributed by atoms with Gasteiger partial charge in [-0.15, -0.1) is 0 Å². The van der Waals surface area contributed by atoms with E-state index in [1.54, 1.807) is 24.3 Å². The fourth-order valence-electron chi connectivity index (χ4n) is 3.14. The summed E-state index contributed by atoms with van der Waals surface area (Å²) in [5.41, 5.74) is 1.09. The van der Waals surface area contributed by atoms with Gasteiger partial charge in [-0.25, -0.2) is 4.79 Å². The van der Waals surface area contributed by atoms with Crippen molar-refractivity contribution in [1.29, 1.82) is 0 Å². The van der Waals surface area contributed by atoms with Crippen molar-refractivity contribution in [2.45, 2.75) is 57.4 Å². The molecule has 0 heterocycles. The zero-order valence-electron chi connectivity index (χ0n) is 15.9. The number of urea groups is 1.